The van der Waals surface area contributed by atoms with E-state index in [-0.39, 0.29) is 30.2 Å². The lowest BCUT2D eigenvalue weighted by molar-refractivity contribution is -0.125. The normalized spacial score (nSPS) is 18.0. The van der Waals surface area contributed by atoms with Crippen molar-refractivity contribution in [3.05, 3.63) is 0 Å². The Morgan fingerprint density at radius 1 is 1.20 bits per heavy atom. The molecule has 0 aromatic heterocycles. The summed E-state index contributed by atoms with van der Waals surface area (Å²) < 4.78 is 30.5. The van der Waals surface area contributed by atoms with Crippen LogP contribution in [0.5, 0.6) is 0 Å². The number of amides is 2. The fraction of sp³-hybridized carbons (Fsp3) is 0.875. The molecule has 0 spiro atoms. The third kappa shape index (κ3) is 6.81. The smallest absolute Gasteiger partial charge is 0.407 e. The first-order valence-electron chi connectivity index (χ1n) is 8.92. The first-order valence-corrected chi connectivity index (χ1v) is 10.5. The number of carbonyl (C=O) groups excluding carboxylic acids is 2. The van der Waals surface area contributed by atoms with Crippen LogP contribution in [0.3, 0.4) is 0 Å². The topological polar surface area (TPSA) is 105 Å². The molecule has 0 radical (unpaired) electrons. The molecule has 9 heteroatoms. The number of rotatable bonds is 8. The van der Waals surface area contributed by atoms with Crippen LogP contribution in [0.25, 0.3) is 0 Å². The number of hydrogen-bond donors (Lipinski definition) is 2. The van der Waals surface area contributed by atoms with Crippen molar-refractivity contribution in [1.82, 2.24) is 14.9 Å². The summed E-state index contributed by atoms with van der Waals surface area (Å²) in [6, 6.07) is -0.772. The van der Waals surface area contributed by atoms with Crippen molar-refractivity contribution in [2.45, 2.75) is 59.0 Å². The first kappa shape index (κ1) is 21.7. The molecule has 8 nitrogen and oxygen atoms in total. The summed E-state index contributed by atoms with van der Waals surface area (Å²) in [5.74, 6) is -0.199. The van der Waals surface area contributed by atoms with Gasteiger partial charge in [0.25, 0.3) is 0 Å². The van der Waals surface area contributed by atoms with Crippen molar-refractivity contribution in [3.8, 4) is 0 Å². The van der Waals surface area contributed by atoms with Crippen LogP contribution in [-0.4, -0.2) is 62.3 Å². The van der Waals surface area contributed by atoms with E-state index in [0.29, 0.717) is 32.4 Å². The van der Waals surface area contributed by atoms with Gasteiger partial charge in [0.15, 0.2) is 0 Å². The number of ether oxygens (including phenoxy) is 1. The molecule has 0 bridgehead atoms. The quantitative estimate of drug-likeness (QED) is 0.658. The van der Waals surface area contributed by atoms with Gasteiger partial charge in [-0.1, -0.05) is 20.8 Å². The van der Waals surface area contributed by atoms with Crippen LogP contribution in [0.2, 0.25) is 0 Å². The molecule has 1 unspecified atom stereocenters. The highest BCUT2D eigenvalue weighted by Crippen LogP contribution is 2.15. The molecule has 25 heavy (non-hydrogen) atoms. The maximum Gasteiger partial charge on any atom is 0.407 e. The molecule has 0 aliphatic carbocycles. The largest absolute Gasteiger partial charge is 0.450 e. The molecule has 1 atom stereocenters. The standard InChI is InChI=1S/C16H31N3O5S/c1-5-11-25(22,23)19-9-7-13(8-10-19)17-15(20)14(12(3)4)18-16(21)24-6-2/h12-14H,5-11H2,1-4H3,(H,17,20)(H,18,21). The summed E-state index contributed by atoms with van der Waals surface area (Å²) in [5, 5.41) is 5.50. The SMILES string of the molecule is CCCS(=O)(=O)N1CCC(NC(=O)C(NC(=O)OCC)C(C)C)CC1. The van der Waals surface area contributed by atoms with Gasteiger partial charge in [-0.05, 0) is 32.1 Å². The highest BCUT2D eigenvalue weighted by Gasteiger charge is 2.31. The van der Waals surface area contributed by atoms with E-state index in [0.717, 1.165) is 0 Å². The highest BCUT2D eigenvalue weighted by atomic mass is 32.2. The van der Waals surface area contributed by atoms with Gasteiger partial charge in [-0.15, -0.1) is 0 Å². The van der Waals surface area contributed by atoms with Gasteiger partial charge in [0.05, 0.1) is 12.4 Å². The Kier molecular flexibility index (Phi) is 8.64. The number of carbonyl (C=O) groups is 2. The van der Waals surface area contributed by atoms with E-state index >= 15 is 0 Å². The van der Waals surface area contributed by atoms with Crippen molar-refractivity contribution < 1.29 is 22.7 Å². The molecule has 0 saturated carbocycles. The zero-order valence-electron chi connectivity index (χ0n) is 15.6. The lowest BCUT2D eigenvalue weighted by atomic mass is 10.0. The molecule has 1 fully saturated rings. The molecular formula is C16H31N3O5S. The molecule has 0 aromatic carbocycles. The Labute approximate surface area is 150 Å². The summed E-state index contributed by atoms with van der Waals surface area (Å²) in [6.07, 6.45) is 1.11. The molecular weight excluding hydrogens is 346 g/mol. The van der Waals surface area contributed by atoms with Crippen LogP contribution in [-0.2, 0) is 19.6 Å². The molecule has 1 aliphatic heterocycles. The average molecular weight is 378 g/mol. The number of sulfonamides is 1. The lowest BCUT2D eigenvalue weighted by Crippen LogP contribution is -2.54. The van der Waals surface area contributed by atoms with E-state index in [9.17, 15) is 18.0 Å². The van der Waals surface area contributed by atoms with E-state index in [2.05, 4.69) is 10.6 Å². The fourth-order valence-corrected chi connectivity index (χ4v) is 4.33. The molecule has 1 heterocycles. The van der Waals surface area contributed by atoms with Gasteiger partial charge in [0, 0.05) is 19.1 Å². The number of piperidine rings is 1. The third-order valence-corrected chi connectivity index (χ3v) is 6.23. The van der Waals surface area contributed by atoms with Crippen LogP contribution in [0, 0.1) is 5.92 Å². The second kappa shape index (κ2) is 9.96. The Morgan fingerprint density at radius 2 is 1.80 bits per heavy atom. The van der Waals surface area contributed by atoms with Gasteiger partial charge in [0.1, 0.15) is 6.04 Å². The Bertz CT molecular complexity index is 542. The predicted octanol–water partition coefficient (Wildman–Crippen LogP) is 1.08. The van der Waals surface area contributed by atoms with E-state index < -0.39 is 22.2 Å². The molecule has 146 valence electrons. The fourth-order valence-electron chi connectivity index (χ4n) is 2.79. The average Bonchev–Trinajstić information content (AvgIpc) is 2.53. The second-order valence-corrected chi connectivity index (χ2v) is 8.67. The second-order valence-electron chi connectivity index (χ2n) is 6.58. The minimum Gasteiger partial charge on any atom is -0.450 e. The van der Waals surface area contributed by atoms with E-state index in [1.807, 2.05) is 20.8 Å². The summed E-state index contributed by atoms with van der Waals surface area (Å²) in [7, 11) is -3.19. The monoisotopic (exact) mass is 377 g/mol. The van der Waals surface area contributed by atoms with Crippen molar-refractivity contribution in [3.63, 3.8) is 0 Å². The maximum absolute atomic E-state index is 12.5. The van der Waals surface area contributed by atoms with Gasteiger partial charge in [-0.2, -0.15) is 0 Å². The summed E-state index contributed by atoms with van der Waals surface area (Å²) >= 11 is 0. The van der Waals surface area contributed by atoms with Crippen molar-refractivity contribution >= 4 is 22.0 Å². The number of alkyl carbamates (subject to hydrolysis) is 1. The minimum atomic E-state index is -3.19. The van der Waals surface area contributed by atoms with Crippen LogP contribution < -0.4 is 10.6 Å². The summed E-state index contributed by atoms with van der Waals surface area (Å²) in [5.41, 5.74) is 0. The van der Waals surface area contributed by atoms with Crippen molar-refractivity contribution in [1.29, 1.82) is 0 Å². The molecule has 1 saturated heterocycles. The Morgan fingerprint density at radius 3 is 2.28 bits per heavy atom. The van der Waals surface area contributed by atoms with E-state index in [1.165, 1.54) is 4.31 Å². The van der Waals surface area contributed by atoms with Crippen LogP contribution in [0.1, 0.15) is 47.0 Å². The van der Waals surface area contributed by atoms with Crippen molar-refractivity contribution in [2.24, 2.45) is 5.92 Å². The predicted molar refractivity (Wildman–Crippen MR) is 95.6 cm³/mol. The van der Waals surface area contributed by atoms with Gasteiger partial charge < -0.3 is 15.4 Å². The summed E-state index contributed by atoms with van der Waals surface area (Å²) in [4.78, 5) is 24.0. The Balaban J connectivity index is 2.55. The summed E-state index contributed by atoms with van der Waals surface area (Å²) in [6.45, 7) is 8.28. The lowest BCUT2D eigenvalue weighted by Gasteiger charge is -2.32. The first-order chi connectivity index (χ1) is 11.7. The van der Waals surface area contributed by atoms with E-state index in [4.69, 9.17) is 4.74 Å². The van der Waals surface area contributed by atoms with Crippen LogP contribution >= 0.6 is 0 Å². The molecule has 1 aliphatic rings. The molecule has 2 amide bonds. The van der Waals surface area contributed by atoms with Gasteiger partial charge in [-0.25, -0.2) is 17.5 Å². The van der Waals surface area contributed by atoms with Gasteiger partial charge in [0.2, 0.25) is 15.9 Å². The zero-order valence-corrected chi connectivity index (χ0v) is 16.4. The maximum atomic E-state index is 12.5. The van der Waals surface area contributed by atoms with Gasteiger partial charge >= 0.3 is 6.09 Å². The van der Waals surface area contributed by atoms with Gasteiger partial charge in [-0.3, -0.25) is 4.79 Å². The Hall–Kier alpha value is -1.35. The van der Waals surface area contributed by atoms with Crippen LogP contribution in [0.4, 0.5) is 4.79 Å². The molecule has 1 rings (SSSR count). The molecule has 2 N–H and O–H groups in total. The van der Waals surface area contributed by atoms with E-state index in [1.54, 1.807) is 6.92 Å². The third-order valence-electron chi connectivity index (χ3n) is 4.15. The van der Waals surface area contributed by atoms with Crippen molar-refractivity contribution in [2.75, 3.05) is 25.4 Å². The zero-order chi connectivity index (χ0) is 19.0. The number of nitrogens with zero attached hydrogens (tertiary/aromatic N) is 1. The minimum absolute atomic E-state index is 0.0885. The van der Waals surface area contributed by atoms with Crippen LogP contribution in [0.15, 0.2) is 0 Å². The number of hydrogen-bond acceptors (Lipinski definition) is 5. The number of nitrogens with one attached hydrogen (secondary N) is 2. The highest BCUT2D eigenvalue weighted by molar-refractivity contribution is 7.89. The molecule has 0 aromatic rings.